The number of rotatable bonds is 3. The second-order valence-corrected chi connectivity index (χ2v) is 7.37. The molecule has 1 heterocycles. The number of nitrogens with zero attached hydrogens (tertiary/aromatic N) is 2. The molecule has 3 N–H and O–H groups in total. The fourth-order valence-electron chi connectivity index (χ4n) is 3.20. The number of halogens is 3. The summed E-state index contributed by atoms with van der Waals surface area (Å²) in [4.78, 5) is 21.3. The molecule has 1 amide bonds. The number of benzene rings is 2. The van der Waals surface area contributed by atoms with Gasteiger partial charge < -0.3 is 11.1 Å². The first-order valence-corrected chi connectivity index (χ1v) is 9.58. The second kappa shape index (κ2) is 7.92. The van der Waals surface area contributed by atoms with Crippen molar-refractivity contribution in [1.29, 1.82) is 0 Å². The topological polar surface area (TPSA) is 80.9 Å². The van der Waals surface area contributed by atoms with Crippen LogP contribution >= 0.6 is 12.2 Å². The lowest BCUT2D eigenvalue weighted by Gasteiger charge is -2.16. The number of carbonyl (C=O) groups excluding carboxylic acids is 1. The molecule has 1 aliphatic rings. The zero-order chi connectivity index (χ0) is 22.2. The Labute approximate surface area is 180 Å². The van der Waals surface area contributed by atoms with Crippen LogP contribution in [0, 0.1) is 0 Å². The van der Waals surface area contributed by atoms with E-state index in [-0.39, 0.29) is 17.2 Å². The Morgan fingerprint density at radius 3 is 2.74 bits per heavy atom. The van der Waals surface area contributed by atoms with E-state index in [2.05, 4.69) is 15.3 Å². The van der Waals surface area contributed by atoms with E-state index < -0.39 is 17.6 Å². The van der Waals surface area contributed by atoms with Crippen LogP contribution in [0.3, 0.4) is 0 Å². The maximum absolute atomic E-state index is 12.9. The van der Waals surface area contributed by atoms with Gasteiger partial charge in [-0.1, -0.05) is 30.4 Å². The van der Waals surface area contributed by atoms with E-state index >= 15 is 0 Å². The van der Waals surface area contributed by atoms with Gasteiger partial charge in [0.1, 0.15) is 0 Å². The highest BCUT2D eigenvalue weighted by atomic mass is 32.1. The molecule has 0 unspecified atom stereocenters. The van der Waals surface area contributed by atoms with E-state index in [1.165, 1.54) is 12.1 Å². The third-order valence-corrected chi connectivity index (χ3v) is 5.12. The number of aromatic nitrogens is 2. The standard InChI is InChI=1S/C22H15F3N4OS/c23-22(24,25)15-2-1-3-16(10-15)28-20(30)17-9-13(5-7-19(17)31)12-4-6-18-14(8-12)11-27-21(26)29-18/h1-6,8-11H,7H2,(H,28,30)(H2,26,27,29). The highest BCUT2D eigenvalue weighted by Gasteiger charge is 2.30. The van der Waals surface area contributed by atoms with Gasteiger partial charge in [0.05, 0.1) is 16.7 Å². The van der Waals surface area contributed by atoms with Crippen molar-refractivity contribution in [3.05, 3.63) is 77.5 Å². The lowest BCUT2D eigenvalue weighted by Crippen LogP contribution is -2.21. The summed E-state index contributed by atoms with van der Waals surface area (Å²) in [5.41, 5.74) is 7.32. The van der Waals surface area contributed by atoms with Crippen LogP contribution in [0.15, 0.2) is 66.4 Å². The molecular weight excluding hydrogens is 425 g/mol. The molecule has 2 aromatic carbocycles. The van der Waals surface area contributed by atoms with Crippen LogP contribution < -0.4 is 11.1 Å². The van der Waals surface area contributed by atoms with Crippen molar-refractivity contribution in [3.63, 3.8) is 0 Å². The molecular formula is C22H15F3N4OS. The monoisotopic (exact) mass is 440 g/mol. The number of nitrogen functional groups attached to an aromatic ring is 1. The van der Waals surface area contributed by atoms with Crippen molar-refractivity contribution in [2.75, 3.05) is 11.1 Å². The number of anilines is 2. The third kappa shape index (κ3) is 4.46. The summed E-state index contributed by atoms with van der Waals surface area (Å²) >= 11 is 5.31. The van der Waals surface area contributed by atoms with Crippen LogP contribution in [0.1, 0.15) is 17.5 Å². The van der Waals surface area contributed by atoms with Gasteiger partial charge in [0.2, 0.25) is 5.95 Å². The molecule has 0 aliphatic heterocycles. The van der Waals surface area contributed by atoms with Gasteiger partial charge in [-0.3, -0.25) is 4.79 Å². The van der Waals surface area contributed by atoms with E-state index in [0.29, 0.717) is 16.8 Å². The molecule has 0 bridgehead atoms. The minimum atomic E-state index is -4.50. The van der Waals surface area contributed by atoms with Crippen molar-refractivity contribution in [1.82, 2.24) is 9.97 Å². The normalized spacial score (nSPS) is 14.2. The van der Waals surface area contributed by atoms with E-state index in [9.17, 15) is 18.0 Å². The average Bonchev–Trinajstić information content (AvgIpc) is 2.73. The number of amides is 1. The molecule has 3 aromatic rings. The predicted molar refractivity (Wildman–Crippen MR) is 117 cm³/mol. The maximum atomic E-state index is 12.9. The van der Waals surface area contributed by atoms with Gasteiger partial charge in [0.15, 0.2) is 0 Å². The van der Waals surface area contributed by atoms with Crippen molar-refractivity contribution >= 4 is 51.1 Å². The predicted octanol–water partition coefficient (Wildman–Crippen LogP) is 4.95. The molecule has 1 aromatic heterocycles. The van der Waals surface area contributed by atoms with E-state index in [1.807, 2.05) is 18.2 Å². The molecule has 156 valence electrons. The first-order chi connectivity index (χ1) is 14.7. The number of nitrogens with one attached hydrogen (secondary N) is 1. The summed E-state index contributed by atoms with van der Waals surface area (Å²) in [5, 5.41) is 3.29. The van der Waals surface area contributed by atoms with Gasteiger partial charge in [-0.05, 0) is 47.5 Å². The maximum Gasteiger partial charge on any atom is 0.416 e. The van der Waals surface area contributed by atoms with Crippen LogP contribution in [-0.2, 0) is 11.0 Å². The van der Waals surface area contributed by atoms with Gasteiger partial charge in [-0.15, -0.1) is 0 Å². The van der Waals surface area contributed by atoms with Crippen molar-refractivity contribution in [2.45, 2.75) is 12.6 Å². The second-order valence-electron chi connectivity index (χ2n) is 6.88. The highest BCUT2D eigenvalue weighted by molar-refractivity contribution is 7.81. The molecule has 4 rings (SSSR count). The zero-order valence-electron chi connectivity index (χ0n) is 15.9. The Hall–Kier alpha value is -3.59. The average molecular weight is 440 g/mol. The molecule has 5 nitrogen and oxygen atoms in total. The molecule has 9 heteroatoms. The van der Waals surface area contributed by atoms with Crippen LogP contribution in [0.5, 0.6) is 0 Å². The van der Waals surface area contributed by atoms with Crippen LogP contribution in [0.2, 0.25) is 0 Å². The molecule has 0 radical (unpaired) electrons. The quantitative estimate of drug-likeness (QED) is 0.563. The Morgan fingerprint density at radius 2 is 1.97 bits per heavy atom. The minimum absolute atomic E-state index is 0.0417. The van der Waals surface area contributed by atoms with Crippen molar-refractivity contribution < 1.29 is 18.0 Å². The molecule has 0 atom stereocenters. The van der Waals surface area contributed by atoms with Crippen LogP contribution in [0.4, 0.5) is 24.8 Å². The Kier molecular flexibility index (Phi) is 5.28. The fourth-order valence-corrected chi connectivity index (χ4v) is 3.43. The number of hydrogen-bond acceptors (Lipinski definition) is 5. The minimum Gasteiger partial charge on any atom is -0.368 e. The summed E-state index contributed by atoms with van der Waals surface area (Å²) in [7, 11) is 0. The Morgan fingerprint density at radius 1 is 1.16 bits per heavy atom. The molecule has 0 saturated carbocycles. The Bertz CT molecular complexity index is 1280. The molecule has 0 saturated heterocycles. The summed E-state index contributed by atoms with van der Waals surface area (Å²) < 4.78 is 38.8. The molecule has 0 fully saturated rings. The summed E-state index contributed by atoms with van der Waals surface area (Å²) in [6, 6.07) is 9.97. The SMILES string of the molecule is Nc1ncc2cc(C3=CCC(=S)C(C(=O)Nc4cccc(C(F)(F)F)c4)=C3)ccc2n1. The number of carbonyl (C=O) groups is 1. The van der Waals surface area contributed by atoms with Gasteiger partial charge >= 0.3 is 6.18 Å². The number of nitrogens with two attached hydrogens (primary N) is 1. The van der Waals surface area contributed by atoms with Crippen LogP contribution in [0.25, 0.3) is 16.5 Å². The van der Waals surface area contributed by atoms with Crippen molar-refractivity contribution in [3.8, 4) is 0 Å². The molecule has 31 heavy (non-hydrogen) atoms. The lowest BCUT2D eigenvalue weighted by molar-refractivity contribution is -0.137. The molecule has 0 spiro atoms. The first-order valence-electron chi connectivity index (χ1n) is 9.17. The summed E-state index contributed by atoms with van der Waals surface area (Å²) in [5.74, 6) is -0.386. The van der Waals surface area contributed by atoms with E-state index in [0.717, 1.165) is 28.7 Å². The largest absolute Gasteiger partial charge is 0.416 e. The number of fused-ring (bicyclic) bond motifs is 1. The summed E-state index contributed by atoms with van der Waals surface area (Å²) in [6.45, 7) is 0. The number of alkyl halides is 3. The third-order valence-electron chi connectivity index (χ3n) is 4.73. The fraction of sp³-hybridized carbons (Fsp3) is 0.0909. The first kappa shape index (κ1) is 20.7. The Balaban J connectivity index is 1.61. The van der Waals surface area contributed by atoms with Gasteiger partial charge in [0.25, 0.3) is 5.91 Å². The van der Waals surface area contributed by atoms with Crippen molar-refractivity contribution in [2.24, 2.45) is 0 Å². The lowest BCUT2D eigenvalue weighted by atomic mass is 9.93. The van der Waals surface area contributed by atoms with Gasteiger partial charge in [0, 0.05) is 28.6 Å². The van der Waals surface area contributed by atoms with E-state index in [1.54, 1.807) is 18.3 Å². The van der Waals surface area contributed by atoms with Gasteiger partial charge in [-0.25, -0.2) is 9.97 Å². The smallest absolute Gasteiger partial charge is 0.368 e. The van der Waals surface area contributed by atoms with E-state index in [4.69, 9.17) is 18.0 Å². The number of hydrogen-bond donors (Lipinski definition) is 2. The summed E-state index contributed by atoms with van der Waals surface area (Å²) in [6.07, 6.45) is 1.00. The molecule has 1 aliphatic carbocycles. The van der Waals surface area contributed by atoms with Crippen LogP contribution in [-0.4, -0.2) is 20.7 Å². The van der Waals surface area contributed by atoms with Gasteiger partial charge in [-0.2, -0.15) is 13.2 Å². The highest BCUT2D eigenvalue weighted by Crippen LogP contribution is 2.31. The zero-order valence-corrected chi connectivity index (χ0v) is 16.7. The number of thiocarbonyl (C=S) groups is 1. The number of allylic oxidation sites excluding steroid dienone is 3.